The molecule has 0 saturated heterocycles. The molecule has 1 fully saturated rings. The molecule has 1 saturated carbocycles. The van der Waals surface area contributed by atoms with Crippen molar-refractivity contribution in [3.05, 3.63) is 24.3 Å². The van der Waals surface area contributed by atoms with Crippen molar-refractivity contribution in [1.29, 1.82) is 0 Å². The van der Waals surface area contributed by atoms with Crippen LogP contribution in [-0.4, -0.2) is 20.6 Å². The zero-order valence-corrected chi connectivity index (χ0v) is 10.3. The molecule has 4 nitrogen and oxygen atoms in total. The number of hydrogen-bond acceptors (Lipinski definition) is 3. The predicted molar refractivity (Wildman–Crippen MR) is 67.9 cm³/mol. The molecule has 2 heterocycles. The lowest BCUT2D eigenvalue weighted by Crippen LogP contribution is -2.25. The van der Waals surface area contributed by atoms with Gasteiger partial charge >= 0.3 is 0 Å². The number of hydrogen-bond donors (Lipinski definition) is 1. The van der Waals surface area contributed by atoms with Crippen LogP contribution in [0.2, 0.25) is 0 Å². The van der Waals surface area contributed by atoms with Gasteiger partial charge in [0.25, 0.3) is 0 Å². The van der Waals surface area contributed by atoms with Gasteiger partial charge in [0, 0.05) is 24.2 Å². The molecular formula is C13H18N4. The minimum atomic E-state index is 0.122. The third kappa shape index (κ3) is 1.72. The smallest absolute Gasteiger partial charge is 0.114 e. The highest BCUT2D eigenvalue weighted by Crippen LogP contribution is 2.40. The lowest BCUT2D eigenvalue weighted by molar-refractivity contribution is 0.547. The molecule has 3 rings (SSSR count). The van der Waals surface area contributed by atoms with Crippen LogP contribution in [-0.2, 0) is 0 Å². The van der Waals surface area contributed by atoms with Gasteiger partial charge in [-0.05, 0) is 25.8 Å². The summed E-state index contributed by atoms with van der Waals surface area (Å²) in [6.45, 7) is 4.19. The molecule has 17 heavy (non-hydrogen) atoms. The summed E-state index contributed by atoms with van der Waals surface area (Å²) in [5, 5.41) is 0. The topological polar surface area (TPSA) is 56.7 Å². The van der Waals surface area contributed by atoms with E-state index in [-0.39, 0.29) is 12.0 Å². The summed E-state index contributed by atoms with van der Waals surface area (Å²) in [5.41, 5.74) is 8.20. The number of nitrogens with two attached hydrogens (primary N) is 1. The Morgan fingerprint density at radius 1 is 1.41 bits per heavy atom. The summed E-state index contributed by atoms with van der Waals surface area (Å²) >= 11 is 0. The fraction of sp³-hybridized carbons (Fsp3) is 0.538. The fourth-order valence-corrected chi connectivity index (χ4v) is 2.24. The highest BCUT2D eigenvalue weighted by atomic mass is 15.1. The minimum absolute atomic E-state index is 0.122. The maximum Gasteiger partial charge on any atom is 0.114 e. The monoisotopic (exact) mass is 230 g/mol. The zero-order chi connectivity index (χ0) is 12.0. The fourth-order valence-electron chi connectivity index (χ4n) is 2.24. The van der Waals surface area contributed by atoms with Crippen molar-refractivity contribution < 1.29 is 0 Å². The first-order chi connectivity index (χ1) is 8.18. The molecule has 0 radical (unpaired) electrons. The molecule has 2 atom stereocenters. The van der Waals surface area contributed by atoms with Crippen LogP contribution < -0.4 is 5.73 Å². The highest BCUT2D eigenvalue weighted by molar-refractivity contribution is 5.75. The van der Waals surface area contributed by atoms with Crippen LogP contribution in [0.4, 0.5) is 0 Å². The lowest BCUT2D eigenvalue weighted by atomic mass is 10.0. The summed E-state index contributed by atoms with van der Waals surface area (Å²) < 4.78 is 2.37. The van der Waals surface area contributed by atoms with Crippen molar-refractivity contribution in [2.24, 2.45) is 5.73 Å². The van der Waals surface area contributed by atoms with Gasteiger partial charge in [-0.25, -0.2) is 4.98 Å². The molecule has 0 spiro atoms. The number of rotatable bonds is 3. The molecule has 0 bridgehead atoms. The Kier molecular flexibility index (Phi) is 2.40. The molecule has 2 aromatic rings. The van der Waals surface area contributed by atoms with E-state index < -0.39 is 0 Å². The molecule has 2 unspecified atom stereocenters. The van der Waals surface area contributed by atoms with Crippen LogP contribution in [0.5, 0.6) is 0 Å². The molecular weight excluding hydrogens is 212 g/mol. The average molecular weight is 230 g/mol. The van der Waals surface area contributed by atoms with Crippen LogP contribution >= 0.6 is 0 Å². The number of aromatic nitrogens is 3. The Morgan fingerprint density at radius 3 is 2.82 bits per heavy atom. The first kappa shape index (κ1) is 10.7. The minimum Gasteiger partial charge on any atom is -0.327 e. The van der Waals surface area contributed by atoms with Crippen molar-refractivity contribution in [3.8, 4) is 0 Å². The van der Waals surface area contributed by atoms with E-state index in [9.17, 15) is 0 Å². The number of pyridine rings is 1. The molecule has 0 amide bonds. The van der Waals surface area contributed by atoms with E-state index in [1.807, 2.05) is 19.3 Å². The summed E-state index contributed by atoms with van der Waals surface area (Å²) in [7, 11) is 0. The summed E-state index contributed by atoms with van der Waals surface area (Å²) in [6.07, 6.45) is 6.19. The van der Waals surface area contributed by atoms with Crippen molar-refractivity contribution >= 4 is 11.0 Å². The first-order valence-corrected chi connectivity index (χ1v) is 6.26. The van der Waals surface area contributed by atoms with E-state index in [0.29, 0.717) is 6.04 Å². The number of nitrogens with zero attached hydrogens (tertiary/aromatic N) is 3. The van der Waals surface area contributed by atoms with E-state index in [2.05, 4.69) is 22.5 Å². The Labute approximate surface area is 101 Å². The van der Waals surface area contributed by atoms with E-state index in [1.165, 1.54) is 18.4 Å². The molecule has 2 aromatic heterocycles. The highest BCUT2D eigenvalue weighted by Gasteiger charge is 2.30. The van der Waals surface area contributed by atoms with Gasteiger partial charge in [-0.2, -0.15) is 0 Å². The number of imidazole rings is 1. The van der Waals surface area contributed by atoms with Gasteiger partial charge in [0.15, 0.2) is 0 Å². The third-order valence-electron chi connectivity index (χ3n) is 3.63. The van der Waals surface area contributed by atoms with Crippen LogP contribution in [0.15, 0.2) is 18.5 Å². The quantitative estimate of drug-likeness (QED) is 0.879. The standard InChI is InChI=1S/C13H18N4/c1-8(9(2)14)13-16-11-7-15-6-5-12(11)17(13)10-3-4-10/h5-10H,3-4,14H2,1-2H3. The second-order valence-electron chi connectivity index (χ2n) is 5.08. The molecule has 4 heteroatoms. The van der Waals surface area contributed by atoms with Crippen LogP contribution in [0, 0.1) is 0 Å². The van der Waals surface area contributed by atoms with Crippen LogP contribution in [0.3, 0.4) is 0 Å². The molecule has 1 aliphatic rings. The largest absolute Gasteiger partial charge is 0.327 e. The van der Waals surface area contributed by atoms with Crippen molar-refractivity contribution in [2.45, 2.75) is 44.7 Å². The van der Waals surface area contributed by atoms with Crippen LogP contribution in [0.25, 0.3) is 11.0 Å². The molecule has 0 aromatic carbocycles. The molecule has 1 aliphatic carbocycles. The van der Waals surface area contributed by atoms with E-state index in [4.69, 9.17) is 10.7 Å². The summed E-state index contributed by atoms with van der Waals surface area (Å²) in [6, 6.07) is 2.80. The van der Waals surface area contributed by atoms with E-state index in [0.717, 1.165) is 11.3 Å². The lowest BCUT2D eigenvalue weighted by Gasteiger charge is -2.17. The van der Waals surface area contributed by atoms with E-state index in [1.54, 1.807) is 0 Å². The van der Waals surface area contributed by atoms with Gasteiger partial charge in [-0.15, -0.1) is 0 Å². The van der Waals surface area contributed by atoms with Crippen molar-refractivity contribution in [3.63, 3.8) is 0 Å². The Balaban J connectivity index is 2.19. The van der Waals surface area contributed by atoms with Gasteiger partial charge in [0.05, 0.1) is 11.7 Å². The maximum atomic E-state index is 6.01. The first-order valence-electron chi connectivity index (χ1n) is 6.26. The SMILES string of the molecule is CC(N)C(C)c1nc2cnccc2n1C1CC1. The maximum absolute atomic E-state index is 6.01. The van der Waals surface area contributed by atoms with Crippen molar-refractivity contribution in [2.75, 3.05) is 0 Å². The average Bonchev–Trinajstić information content (AvgIpc) is 3.08. The van der Waals surface area contributed by atoms with Gasteiger partial charge in [0.1, 0.15) is 11.3 Å². The summed E-state index contributed by atoms with van der Waals surface area (Å²) in [4.78, 5) is 8.86. The van der Waals surface area contributed by atoms with Gasteiger partial charge in [-0.1, -0.05) is 6.92 Å². The van der Waals surface area contributed by atoms with Crippen LogP contribution in [0.1, 0.15) is 44.5 Å². The second kappa shape index (κ2) is 3.81. The van der Waals surface area contributed by atoms with Gasteiger partial charge in [0.2, 0.25) is 0 Å². The Bertz CT molecular complexity index is 539. The molecule has 90 valence electrons. The Hall–Kier alpha value is -1.42. The van der Waals surface area contributed by atoms with E-state index >= 15 is 0 Å². The normalized spacial score (nSPS) is 19.5. The van der Waals surface area contributed by atoms with Gasteiger partial charge < -0.3 is 10.3 Å². The molecule has 0 aliphatic heterocycles. The second-order valence-corrected chi connectivity index (χ2v) is 5.08. The summed E-state index contributed by atoms with van der Waals surface area (Å²) in [5.74, 6) is 1.40. The third-order valence-corrected chi connectivity index (χ3v) is 3.63. The molecule has 2 N–H and O–H groups in total. The zero-order valence-electron chi connectivity index (χ0n) is 10.3. The predicted octanol–water partition coefficient (Wildman–Crippen LogP) is 2.22. The van der Waals surface area contributed by atoms with Gasteiger partial charge in [-0.3, -0.25) is 4.98 Å². The Morgan fingerprint density at radius 2 is 2.18 bits per heavy atom. The van der Waals surface area contributed by atoms with Crippen molar-refractivity contribution in [1.82, 2.24) is 14.5 Å². The number of fused-ring (bicyclic) bond motifs is 1.